The number of likely N-dealkylation sites (tertiary alicyclic amines) is 2. The number of halogens is 1. The molecule has 4 rings (SSSR count). The highest BCUT2D eigenvalue weighted by molar-refractivity contribution is 5.62. The van der Waals surface area contributed by atoms with Crippen LogP contribution < -0.4 is 4.90 Å². The summed E-state index contributed by atoms with van der Waals surface area (Å²) in [7, 11) is 4.37. The Morgan fingerprint density at radius 1 is 1.04 bits per heavy atom. The summed E-state index contributed by atoms with van der Waals surface area (Å²) in [4.78, 5) is 7.46. The molecule has 0 atom stereocenters. The molecule has 0 bridgehead atoms. The molecule has 0 amide bonds. The Balaban J connectivity index is 1.49. The predicted molar refractivity (Wildman–Crippen MR) is 92.7 cm³/mol. The smallest absolute Gasteiger partial charge is 0.123 e. The molecule has 0 N–H and O–H groups in total. The van der Waals surface area contributed by atoms with Crippen molar-refractivity contribution in [1.29, 1.82) is 0 Å². The fourth-order valence-corrected chi connectivity index (χ4v) is 4.99. The maximum atomic E-state index is 13.8. The first-order valence-corrected chi connectivity index (χ1v) is 9.01. The number of hydrogen-bond donors (Lipinski definition) is 0. The quantitative estimate of drug-likeness (QED) is 0.788. The van der Waals surface area contributed by atoms with Crippen molar-refractivity contribution in [3.63, 3.8) is 0 Å². The molecule has 3 aliphatic heterocycles. The SMILES string of the molecule is CN1CCC(N2CCC3(CC2)CN(C)c2ccc(F)cc23)CC1. The van der Waals surface area contributed by atoms with Crippen LogP contribution in [0.2, 0.25) is 0 Å². The average molecular weight is 317 g/mol. The van der Waals surface area contributed by atoms with Gasteiger partial charge in [0.25, 0.3) is 0 Å². The zero-order valence-electron chi connectivity index (χ0n) is 14.4. The van der Waals surface area contributed by atoms with Gasteiger partial charge in [-0.2, -0.15) is 0 Å². The largest absolute Gasteiger partial charge is 0.373 e. The molecule has 3 aliphatic rings. The second-order valence-corrected chi connectivity index (χ2v) is 7.87. The fourth-order valence-electron chi connectivity index (χ4n) is 4.99. The van der Waals surface area contributed by atoms with E-state index in [1.807, 2.05) is 6.07 Å². The van der Waals surface area contributed by atoms with Gasteiger partial charge in [-0.3, -0.25) is 0 Å². The highest BCUT2D eigenvalue weighted by Gasteiger charge is 2.44. The lowest BCUT2D eigenvalue weighted by molar-refractivity contribution is 0.0783. The molecular weight excluding hydrogens is 289 g/mol. The maximum Gasteiger partial charge on any atom is 0.123 e. The van der Waals surface area contributed by atoms with Crippen molar-refractivity contribution in [2.45, 2.75) is 37.1 Å². The minimum Gasteiger partial charge on any atom is -0.373 e. The summed E-state index contributed by atoms with van der Waals surface area (Å²) in [6.07, 6.45) is 4.93. The van der Waals surface area contributed by atoms with Crippen LogP contribution in [-0.4, -0.2) is 62.7 Å². The lowest BCUT2D eigenvalue weighted by Crippen LogP contribution is -2.51. The van der Waals surface area contributed by atoms with Gasteiger partial charge in [-0.1, -0.05) is 0 Å². The van der Waals surface area contributed by atoms with Crippen molar-refractivity contribution < 1.29 is 4.39 Å². The Morgan fingerprint density at radius 3 is 2.43 bits per heavy atom. The van der Waals surface area contributed by atoms with Gasteiger partial charge in [-0.15, -0.1) is 0 Å². The number of likely N-dealkylation sites (N-methyl/N-ethyl adjacent to an activating group) is 1. The molecule has 2 saturated heterocycles. The normalized spacial score (nSPS) is 26.0. The molecule has 0 aromatic heterocycles. The summed E-state index contributed by atoms with van der Waals surface area (Å²) in [5, 5.41) is 0. The minimum absolute atomic E-state index is 0.0869. The molecule has 4 heteroatoms. The first kappa shape index (κ1) is 15.4. The number of anilines is 1. The van der Waals surface area contributed by atoms with Crippen LogP contribution in [-0.2, 0) is 5.41 Å². The Kier molecular flexibility index (Phi) is 3.85. The minimum atomic E-state index is -0.0869. The predicted octanol–water partition coefficient (Wildman–Crippen LogP) is 2.70. The summed E-state index contributed by atoms with van der Waals surface area (Å²) >= 11 is 0. The van der Waals surface area contributed by atoms with Gasteiger partial charge in [0.05, 0.1) is 0 Å². The molecule has 1 aromatic rings. The van der Waals surface area contributed by atoms with E-state index in [1.165, 1.54) is 50.0 Å². The molecule has 0 unspecified atom stereocenters. The maximum absolute atomic E-state index is 13.8. The zero-order chi connectivity index (χ0) is 16.0. The number of piperidine rings is 2. The van der Waals surface area contributed by atoms with E-state index in [0.717, 1.165) is 25.7 Å². The number of nitrogens with zero attached hydrogens (tertiary/aromatic N) is 3. The summed E-state index contributed by atoms with van der Waals surface area (Å²) in [5.41, 5.74) is 2.66. The standard InChI is InChI=1S/C19H28FN3/c1-21-9-5-16(6-10-21)23-11-7-19(8-12-23)14-22(2)18-4-3-15(20)13-17(18)19/h3-4,13,16H,5-12,14H2,1-2H3. The molecule has 0 radical (unpaired) electrons. The van der Waals surface area contributed by atoms with Crippen LogP contribution in [0.15, 0.2) is 18.2 Å². The zero-order valence-corrected chi connectivity index (χ0v) is 14.4. The third-order valence-corrected chi connectivity index (χ3v) is 6.44. The van der Waals surface area contributed by atoms with Crippen LogP contribution in [0.1, 0.15) is 31.2 Å². The molecule has 23 heavy (non-hydrogen) atoms. The van der Waals surface area contributed by atoms with Crippen molar-refractivity contribution in [1.82, 2.24) is 9.80 Å². The van der Waals surface area contributed by atoms with Crippen LogP contribution >= 0.6 is 0 Å². The van der Waals surface area contributed by atoms with E-state index < -0.39 is 0 Å². The molecule has 126 valence electrons. The number of fused-ring (bicyclic) bond motifs is 2. The van der Waals surface area contributed by atoms with Gasteiger partial charge in [0.1, 0.15) is 5.82 Å². The highest BCUT2D eigenvalue weighted by Crippen LogP contribution is 2.47. The Bertz CT molecular complexity index is 572. The number of benzene rings is 1. The van der Waals surface area contributed by atoms with Crippen LogP contribution in [0, 0.1) is 5.82 Å². The molecule has 0 saturated carbocycles. The molecule has 3 nitrogen and oxygen atoms in total. The number of hydrogen-bond acceptors (Lipinski definition) is 3. The van der Waals surface area contributed by atoms with E-state index >= 15 is 0 Å². The third-order valence-electron chi connectivity index (χ3n) is 6.44. The molecule has 3 heterocycles. The van der Waals surface area contributed by atoms with Crippen molar-refractivity contribution in [3.05, 3.63) is 29.6 Å². The van der Waals surface area contributed by atoms with Gasteiger partial charge in [0.2, 0.25) is 0 Å². The van der Waals surface area contributed by atoms with Gasteiger partial charge >= 0.3 is 0 Å². The monoisotopic (exact) mass is 317 g/mol. The topological polar surface area (TPSA) is 9.72 Å². The van der Waals surface area contributed by atoms with Crippen molar-refractivity contribution in [2.75, 3.05) is 51.7 Å². The van der Waals surface area contributed by atoms with Crippen LogP contribution in [0.25, 0.3) is 0 Å². The first-order chi connectivity index (χ1) is 11.1. The highest BCUT2D eigenvalue weighted by atomic mass is 19.1. The second-order valence-electron chi connectivity index (χ2n) is 7.87. The Hall–Kier alpha value is -1.13. The van der Waals surface area contributed by atoms with Crippen LogP contribution in [0.5, 0.6) is 0 Å². The van der Waals surface area contributed by atoms with E-state index in [1.54, 1.807) is 12.1 Å². The summed E-state index contributed by atoms with van der Waals surface area (Å²) in [5.74, 6) is -0.0869. The van der Waals surface area contributed by atoms with Gasteiger partial charge in [-0.05, 0) is 82.7 Å². The van der Waals surface area contributed by atoms with Gasteiger partial charge in [0.15, 0.2) is 0 Å². The first-order valence-electron chi connectivity index (χ1n) is 9.01. The Labute approximate surface area is 139 Å². The van der Waals surface area contributed by atoms with Gasteiger partial charge in [-0.25, -0.2) is 4.39 Å². The Morgan fingerprint density at radius 2 is 1.74 bits per heavy atom. The van der Waals surface area contributed by atoms with Crippen LogP contribution in [0.4, 0.5) is 10.1 Å². The number of rotatable bonds is 1. The molecule has 0 aliphatic carbocycles. The van der Waals surface area contributed by atoms with Crippen LogP contribution in [0.3, 0.4) is 0 Å². The third kappa shape index (κ3) is 2.66. The molecule has 1 aromatic carbocycles. The summed E-state index contributed by atoms with van der Waals surface area (Å²) < 4.78 is 13.8. The summed E-state index contributed by atoms with van der Waals surface area (Å²) in [6, 6.07) is 6.11. The van der Waals surface area contributed by atoms with E-state index in [4.69, 9.17) is 0 Å². The summed E-state index contributed by atoms with van der Waals surface area (Å²) in [6.45, 7) is 5.83. The van der Waals surface area contributed by atoms with Crippen molar-refractivity contribution in [3.8, 4) is 0 Å². The van der Waals surface area contributed by atoms with E-state index in [-0.39, 0.29) is 11.2 Å². The lowest BCUT2D eigenvalue weighted by atomic mass is 9.74. The molecular formula is C19H28FN3. The molecule has 1 spiro atoms. The van der Waals surface area contributed by atoms with Gasteiger partial charge in [0, 0.05) is 30.7 Å². The van der Waals surface area contributed by atoms with E-state index in [2.05, 4.69) is 28.8 Å². The van der Waals surface area contributed by atoms with Crippen molar-refractivity contribution >= 4 is 5.69 Å². The fraction of sp³-hybridized carbons (Fsp3) is 0.684. The molecule has 2 fully saturated rings. The average Bonchev–Trinajstić information content (AvgIpc) is 2.81. The lowest BCUT2D eigenvalue weighted by Gasteiger charge is -2.45. The second kappa shape index (κ2) is 5.75. The van der Waals surface area contributed by atoms with Gasteiger partial charge < -0.3 is 14.7 Å². The van der Waals surface area contributed by atoms with E-state index in [9.17, 15) is 4.39 Å². The van der Waals surface area contributed by atoms with E-state index in [0.29, 0.717) is 0 Å². The van der Waals surface area contributed by atoms with Crippen molar-refractivity contribution in [2.24, 2.45) is 0 Å².